The van der Waals surface area contributed by atoms with Crippen LogP contribution in [0.2, 0.25) is 0 Å². The first-order chi connectivity index (χ1) is 16.3. The number of nitrogens with one attached hydrogen (secondary N) is 2. The molecule has 10 atom stereocenters. The molecule has 184 valence electrons. The van der Waals surface area contributed by atoms with Crippen LogP contribution >= 0.6 is 0 Å². The number of hydrogen-bond acceptors (Lipinski definition) is 5. The van der Waals surface area contributed by atoms with Crippen molar-refractivity contribution in [1.29, 1.82) is 10.7 Å². The molecular formula is C29H41N3O2. The Balaban J connectivity index is 1.18. The van der Waals surface area contributed by atoms with Crippen LogP contribution in [0, 0.1) is 75.4 Å². The molecule has 6 saturated carbocycles. The van der Waals surface area contributed by atoms with Crippen molar-refractivity contribution in [2.75, 3.05) is 6.54 Å². The van der Waals surface area contributed by atoms with E-state index in [1.54, 1.807) is 0 Å². The van der Waals surface area contributed by atoms with Crippen molar-refractivity contribution >= 4 is 12.0 Å². The maximum Gasteiger partial charge on any atom is 0.155 e. The van der Waals surface area contributed by atoms with Gasteiger partial charge < -0.3 is 15.8 Å². The van der Waals surface area contributed by atoms with Crippen LogP contribution in [0.1, 0.15) is 78.1 Å². The molecule has 6 aliphatic rings. The zero-order valence-electron chi connectivity index (χ0n) is 20.9. The zero-order valence-corrected chi connectivity index (χ0v) is 20.9. The molecule has 0 heterocycles. The molecule has 1 unspecified atom stereocenters. The van der Waals surface area contributed by atoms with E-state index in [4.69, 9.17) is 5.41 Å². The monoisotopic (exact) mass is 463 g/mol. The molecular weight excluding hydrogens is 422 g/mol. The largest absolute Gasteiger partial charge is 0.390 e. The van der Waals surface area contributed by atoms with E-state index in [1.807, 2.05) is 6.92 Å². The maximum atomic E-state index is 13.7. The standard InChI is InChI=1S/C29H41N3O2/c1-28(34)9-7-19-17(12-28)5-6-21-20(19)8-10-29(2)25(21)22-11-23(22)26(29)24(33)15-32-27(16-3-4-16)18(13-30)14-31/h13,16-17,19-23,25-26,30,32,34H,3-12,15H2,1-2H3/b27-18+,30-13?/t17-,19+,20?,21-,22-,23+,25-,26-,28-,29+/m1/s1. The lowest BCUT2D eigenvalue weighted by Gasteiger charge is -2.57. The lowest BCUT2D eigenvalue weighted by Crippen LogP contribution is -2.52. The summed E-state index contributed by atoms with van der Waals surface area (Å²) in [6, 6.07) is 2.14. The average molecular weight is 464 g/mol. The topological polar surface area (TPSA) is 97.0 Å². The first-order valence-corrected chi connectivity index (χ1v) is 13.9. The van der Waals surface area contributed by atoms with Crippen LogP contribution in [0.3, 0.4) is 0 Å². The normalized spacial score (nSPS) is 49.4. The summed E-state index contributed by atoms with van der Waals surface area (Å²) in [5, 5.41) is 31.0. The number of aliphatic hydroxyl groups is 1. The van der Waals surface area contributed by atoms with Crippen LogP contribution in [-0.2, 0) is 4.79 Å². The molecule has 0 aromatic rings. The van der Waals surface area contributed by atoms with Crippen molar-refractivity contribution in [1.82, 2.24) is 5.32 Å². The summed E-state index contributed by atoms with van der Waals surface area (Å²) in [6.45, 7) is 4.79. The van der Waals surface area contributed by atoms with E-state index in [0.717, 1.165) is 61.3 Å². The van der Waals surface area contributed by atoms with Gasteiger partial charge in [-0.05, 0) is 118 Å². The Kier molecular flexibility index (Phi) is 5.30. The number of hydrogen-bond donors (Lipinski definition) is 3. The number of rotatable bonds is 6. The first kappa shape index (κ1) is 22.8. The fourth-order valence-corrected chi connectivity index (χ4v) is 9.95. The Morgan fingerprint density at radius 3 is 2.53 bits per heavy atom. The van der Waals surface area contributed by atoms with Gasteiger partial charge in [-0.2, -0.15) is 5.26 Å². The Bertz CT molecular complexity index is 959. The molecule has 0 bridgehead atoms. The fourth-order valence-electron chi connectivity index (χ4n) is 9.95. The van der Waals surface area contributed by atoms with Gasteiger partial charge in [-0.3, -0.25) is 4.79 Å². The van der Waals surface area contributed by atoms with Crippen LogP contribution in [-0.4, -0.2) is 29.3 Å². The molecule has 0 amide bonds. The van der Waals surface area contributed by atoms with Gasteiger partial charge >= 0.3 is 0 Å². The molecule has 6 aliphatic carbocycles. The van der Waals surface area contributed by atoms with Crippen LogP contribution in [0.25, 0.3) is 0 Å². The second-order valence-electron chi connectivity index (χ2n) is 13.4. The quantitative estimate of drug-likeness (QED) is 0.387. The van der Waals surface area contributed by atoms with E-state index < -0.39 is 5.60 Å². The van der Waals surface area contributed by atoms with Gasteiger partial charge in [0.25, 0.3) is 0 Å². The number of nitrogens with zero attached hydrogens (tertiary/aromatic N) is 1. The molecule has 0 aromatic carbocycles. The SMILES string of the molecule is C[C@@]1(O)CC[C@@H]2C3CC[C@@]4(C)[C@@H]([C@@H]5C[C@@H]5[C@@H]4C(=O)CN/C(=C(/C#N)C=N)C4CC4)[C@@H]3CC[C@@H]2C1. The Labute approximate surface area is 204 Å². The van der Waals surface area contributed by atoms with Crippen molar-refractivity contribution in [2.24, 2.45) is 58.7 Å². The third-order valence-corrected chi connectivity index (χ3v) is 11.4. The highest BCUT2D eigenvalue weighted by atomic mass is 16.3. The van der Waals surface area contributed by atoms with Crippen LogP contribution in [0.4, 0.5) is 0 Å². The second kappa shape index (κ2) is 7.92. The predicted octanol–water partition coefficient (Wildman–Crippen LogP) is 4.86. The van der Waals surface area contributed by atoms with Gasteiger partial charge in [0.05, 0.1) is 17.7 Å². The van der Waals surface area contributed by atoms with E-state index >= 15 is 0 Å². The summed E-state index contributed by atoms with van der Waals surface area (Å²) in [6.07, 6.45) is 12.6. The van der Waals surface area contributed by atoms with Gasteiger partial charge in [-0.15, -0.1) is 0 Å². The number of Topliss-reactive ketones (excluding diaryl/α,β-unsaturated/α-hetero) is 1. The number of allylic oxidation sites excluding steroid dienone is 2. The van der Waals surface area contributed by atoms with Crippen LogP contribution < -0.4 is 5.32 Å². The van der Waals surface area contributed by atoms with E-state index in [9.17, 15) is 15.2 Å². The van der Waals surface area contributed by atoms with E-state index in [2.05, 4.69) is 18.3 Å². The number of carbonyl (C=O) groups excluding carboxylic acids is 1. The molecule has 0 spiro atoms. The van der Waals surface area contributed by atoms with E-state index in [0.29, 0.717) is 41.6 Å². The molecule has 34 heavy (non-hydrogen) atoms. The molecule has 6 rings (SSSR count). The van der Waals surface area contributed by atoms with Gasteiger partial charge in [0, 0.05) is 23.7 Å². The van der Waals surface area contributed by atoms with Crippen molar-refractivity contribution in [3.8, 4) is 6.07 Å². The van der Waals surface area contributed by atoms with Crippen molar-refractivity contribution in [2.45, 2.75) is 83.7 Å². The van der Waals surface area contributed by atoms with Crippen molar-refractivity contribution < 1.29 is 9.90 Å². The number of ketones is 1. The minimum absolute atomic E-state index is 0.129. The minimum atomic E-state index is -0.465. The fraction of sp³-hybridized carbons (Fsp3) is 0.828. The molecule has 3 N–H and O–H groups in total. The smallest absolute Gasteiger partial charge is 0.155 e. The molecule has 0 radical (unpaired) electrons. The number of nitriles is 1. The lowest BCUT2D eigenvalue weighted by molar-refractivity contribution is -0.135. The first-order valence-electron chi connectivity index (χ1n) is 13.9. The maximum absolute atomic E-state index is 13.7. The Morgan fingerprint density at radius 2 is 1.82 bits per heavy atom. The van der Waals surface area contributed by atoms with Crippen molar-refractivity contribution in [3.05, 3.63) is 11.3 Å². The van der Waals surface area contributed by atoms with Gasteiger partial charge in [0.1, 0.15) is 6.07 Å². The zero-order chi connectivity index (χ0) is 23.8. The summed E-state index contributed by atoms with van der Waals surface area (Å²) in [5.41, 5.74) is 0.879. The van der Waals surface area contributed by atoms with Crippen molar-refractivity contribution in [3.63, 3.8) is 0 Å². The second-order valence-corrected chi connectivity index (χ2v) is 13.4. The van der Waals surface area contributed by atoms with Gasteiger partial charge in [0.15, 0.2) is 5.78 Å². The predicted molar refractivity (Wildman–Crippen MR) is 131 cm³/mol. The Morgan fingerprint density at radius 1 is 1.06 bits per heavy atom. The summed E-state index contributed by atoms with van der Waals surface area (Å²) < 4.78 is 0. The third kappa shape index (κ3) is 3.50. The molecule has 5 nitrogen and oxygen atoms in total. The van der Waals surface area contributed by atoms with Gasteiger partial charge in [0.2, 0.25) is 0 Å². The average Bonchev–Trinajstić information content (AvgIpc) is 3.72. The number of carbonyl (C=O) groups is 1. The highest BCUT2D eigenvalue weighted by Crippen LogP contribution is 2.74. The summed E-state index contributed by atoms with van der Waals surface area (Å²) in [4.78, 5) is 13.7. The Hall–Kier alpha value is -1.67. The van der Waals surface area contributed by atoms with Gasteiger partial charge in [-0.25, -0.2) is 0 Å². The minimum Gasteiger partial charge on any atom is -0.390 e. The van der Waals surface area contributed by atoms with E-state index in [-0.39, 0.29) is 11.3 Å². The lowest BCUT2D eigenvalue weighted by atomic mass is 9.48. The molecule has 0 aromatic heterocycles. The third-order valence-electron chi connectivity index (χ3n) is 11.4. The highest BCUT2D eigenvalue weighted by molar-refractivity contribution is 5.86. The number of fused-ring (bicyclic) bond motifs is 7. The summed E-state index contributed by atoms with van der Waals surface area (Å²) in [7, 11) is 0. The van der Waals surface area contributed by atoms with Gasteiger partial charge in [-0.1, -0.05) is 6.92 Å². The van der Waals surface area contributed by atoms with Crippen LogP contribution in [0.15, 0.2) is 11.3 Å². The molecule has 0 aliphatic heterocycles. The molecule has 5 heteroatoms. The molecule has 6 fully saturated rings. The highest BCUT2D eigenvalue weighted by Gasteiger charge is 2.70. The van der Waals surface area contributed by atoms with Crippen LogP contribution in [0.5, 0.6) is 0 Å². The van der Waals surface area contributed by atoms with E-state index in [1.165, 1.54) is 38.5 Å². The summed E-state index contributed by atoms with van der Waals surface area (Å²) >= 11 is 0. The molecule has 0 saturated heterocycles. The summed E-state index contributed by atoms with van der Waals surface area (Å²) in [5.74, 6) is 5.90.